The Morgan fingerprint density at radius 2 is 1.95 bits per heavy atom. The minimum absolute atomic E-state index is 0. The highest BCUT2D eigenvalue weighted by Gasteiger charge is 2.32. The molecule has 1 aliphatic carbocycles. The van der Waals surface area contributed by atoms with Gasteiger partial charge < -0.3 is 10.5 Å². The van der Waals surface area contributed by atoms with Crippen LogP contribution in [-0.4, -0.2) is 37.7 Å². The number of hydrogen-bond acceptors (Lipinski definition) is 3. The van der Waals surface area contributed by atoms with Crippen molar-refractivity contribution in [3.63, 3.8) is 0 Å². The topological polar surface area (TPSA) is 38.5 Å². The van der Waals surface area contributed by atoms with E-state index in [0.29, 0.717) is 35.0 Å². The van der Waals surface area contributed by atoms with Crippen LogP contribution in [0.3, 0.4) is 0 Å². The van der Waals surface area contributed by atoms with Crippen LogP contribution in [0.25, 0.3) is 0 Å². The molecule has 1 aromatic rings. The molecule has 1 aromatic carbocycles. The maximum Gasteiger partial charge on any atom is 0.156 e. The largest absolute Gasteiger partial charge is 0.489 e. The number of hydrogen-bond donors (Lipinski definition) is 1. The van der Waals surface area contributed by atoms with Gasteiger partial charge in [-0.05, 0) is 37.9 Å². The van der Waals surface area contributed by atoms with Crippen LogP contribution in [0.1, 0.15) is 12.8 Å². The zero-order chi connectivity index (χ0) is 13.8. The lowest BCUT2D eigenvalue weighted by atomic mass is 10.1. The summed E-state index contributed by atoms with van der Waals surface area (Å²) in [7, 11) is 2.09. The molecule has 2 N–H and O–H groups in total. The third-order valence-electron chi connectivity index (χ3n) is 3.58. The van der Waals surface area contributed by atoms with Crippen molar-refractivity contribution >= 4 is 35.6 Å². The third-order valence-corrected chi connectivity index (χ3v) is 4.18. The van der Waals surface area contributed by atoms with Gasteiger partial charge in [0.05, 0.1) is 10.0 Å². The van der Waals surface area contributed by atoms with Gasteiger partial charge in [-0.1, -0.05) is 29.3 Å². The molecule has 6 heteroatoms. The molecular weight excluding hydrogens is 319 g/mol. The van der Waals surface area contributed by atoms with E-state index in [1.54, 1.807) is 18.2 Å². The monoisotopic (exact) mass is 338 g/mol. The molecule has 0 heterocycles. The summed E-state index contributed by atoms with van der Waals surface area (Å²) < 4.78 is 5.69. The second kappa shape index (κ2) is 8.30. The van der Waals surface area contributed by atoms with Crippen LogP contribution in [0.15, 0.2) is 18.2 Å². The van der Waals surface area contributed by atoms with Crippen molar-refractivity contribution in [1.82, 2.24) is 4.90 Å². The van der Waals surface area contributed by atoms with Crippen molar-refractivity contribution in [2.45, 2.75) is 18.9 Å². The van der Waals surface area contributed by atoms with Crippen LogP contribution in [0, 0.1) is 5.92 Å². The summed E-state index contributed by atoms with van der Waals surface area (Å²) in [4.78, 5) is 2.27. The molecule has 1 saturated carbocycles. The van der Waals surface area contributed by atoms with Gasteiger partial charge in [0.2, 0.25) is 0 Å². The van der Waals surface area contributed by atoms with Crippen LogP contribution in [0.5, 0.6) is 5.75 Å². The fraction of sp³-hybridized carbons (Fsp3) is 0.571. The Morgan fingerprint density at radius 3 is 2.45 bits per heavy atom. The molecule has 20 heavy (non-hydrogen) atoms. The number of halogens is 3. The van der Waals surface area contributed by atoms with E-state index in [9.17, 15) is 0 Å². The summed E-state index contributed by atoms with van der Waals surface area (Å²) in [6, 6.07) is 5.82. The van der Waals surface area contributed by atoms with Crippen molar-refractivity contribution < 1.29 is 4.74 Å². The molecule has 0 spiro atoms. The molecule has 0 aliphatic heterocycles. The summed E-state index contributed by atoms with van der Waals surface area (Å²) in [6.07, 6.45) is 2.59. The van der Waals surface area contributed by atoms with Gasteiger partial charge in [-0.2, -0.15) is 0 Å². The summed E-state index contributed by atoms with van der Waals surface area (Å²) in [5, 5.41) is 1.10. The number of nitrogens with zero attached hydrogens (tertiary/aromatic N) is 1. The van der Waals surface area contributed by atoms with E-state index < -0.39 is 0 Å². The predicted octanol–water partition coefficient (Wildman–Crippen LogP) is 3.46. The smallest absolute Gasteiger partial charge is 0.156 e. The summed E-state index contributed by atoms with van der Waals surface area (Å²) in [5.41, 5.74) is 5.82. The molecule has 2 rings (SSSR count). The van der Waals surface area contributed by atoms with Gasteiger partial charge in [-0.15, -0.1) is 12.4 Å². The summed E-state index contributed by atoms with van der Waals surface area (Å²) in [6.45, 7) is 2.08. The number of benzene rings is 1. The van der Waals surface area contributed by atoms with Gasteiger partial charge in [0.15, 0.2) is 5.75 Å². The van der Waals surface area contributed by atoms with E-state index in [2.05, 4.69) is 11.9 Å². The summed E-state index contributed by atoms with van der Waals surface area (Å²) >= 11 is 12.1. The lowest BCUT2D eigenvalue weighted by molar-refractivity contribution is 0.180. The van der Waals surface area contributed by atoms with Crippen molar-refractivity contribution in [2.24, 2.45) is 11.7 Å². The molecule has 0 saturated heterocycles. The minimum atomic E-state index is 0. The van der Waals surface area contributed by atoms with E-state index in [1.807, 2.05) is 0 Å². The lowest BCUT2D eigenvalue weighted by Gasteiger charge is -2.26. The fourth-order valence-corrected chi connectivity index (χ4v) is 2.80. The van der Waals surface area contributed by atoms with Gasteiger partial charge in [-0.25, -0.2) is 0 Å². The second-order valence-electron chi connectivity index (χ2n) is 5.02. The van der Waals surface area contributed by atoms with Crippen molar-refractivity contribution in [3.05, 3.63) is 28.2 Å². The third kappa shape index (κ3) is 4.68. The first-order valence-electron chi connectivity index (χ1n) is 6.60. The number of rotatable bonds is 7. The molecular formula is C14H21Cl3N2O. The standard InChI is InChI=1S/C14H20Cl2N2O.ClH/c1-18(13(9-17)10-5-6-10)7-8-19-14-11(15)3-2-4-12(14)16;/h2-4,10,13H,5-9,17H2,1H3;1H. The zero-order valence-corrected chi connectivity index (χ0v) is 13.8. The number of likely N-dealkylation sites (N-methyl/N-ethyl adjacent to an activating group) is 1. The van der Waals surface area contributed by atoms with E-state index in [4.69, 9.17) is 33.7 Å². The molecule has 0 amide bonds. The molecule has 114 valence electrons. The first kappa shape index (κ1) is 17.9. The highest BCUT2D eigenvalue weighted by molar-refractivity contribution is 6.37. The lowest BCUT2D eigenvalue weighted by Crippen LogP contribution is -2.41. The normalized spacial score (nSPS) is 15.8. The van der Waals surface area contributed by atoms with Gasteiger partial charge in [0.25, 0.3) is 0 Å². The average molecular weight is 340 g/mol. The minimum Gasteiger partial charge on any atom is -0.489 e. The first-order valence-corrected chi connectivity index (χ1v) is 7.36. The Hall–Kier alpha value is -0.190. The predicted molar refractivity (Wildman–Crippen MR) is 87.4 cm³/mol. The quantitative estimate of drug-likeness (QED) is 0.827. The Labute approximate surface area is 136 Å². The van der Waals surface area contributed by atoms with E-state index in [0.717, 1.165) is 12.5 Å². The number of nitrogens with two attached hydrogens (primary N) is 1. The van der Waals surface area contributed by atoms with Crippen molar-refractivity contribution in [1.29, 1.82) is 0 Å². The molecule has 1 atom stereocenters. The Morgan fingerprint density at radius 1 is 1.35 bits per heavy atom. The van der Waals surface area contributed by atoms with Gasteiger partial charge >= 0.3 is 0 Å². The SMILES string of the molecule is CN(CCOc1c(Cl)cccc1Cl)C(CN)C1CC1.Cl. The summed E-state index contributed by atoms with van der Waals surface area (Å²) in [5.74, 6) is 1.33. The van der Waals surface area contributed by atoms with Gasteiger partial charge in [0.1, 0.15) is 6.61 Å². The molecule has 1 fully saturated rings. The maximum atomic E-state index is 6.05. The second-order valence-corrected chi connectivity index (χ2v) is 5.83. The molecule has 1 unspecified atom stereocenters. The van der Waals surface area contributed by atoms with Gasteiger partial charge in [-0.3, -0.25) is 4.90 Å². The van der Waals surface area contributed by atoms with Crippen LogP contribution in [0.2, 0.25) is 10.0 Å². The van der Waals surface area contributed by atoms with E-state index in [-0.39, 0.29) is 12.4 Å². The van der Waals surface area contributed by atoms with Crippen molar-refractivity contribution in [3.8, 4) is 5.75 Å². The highest BCUT2D eigenvalue weighted by atomic mass is 35.5. The molecule has 0 bridgehead atoms. The Bertz CT molecular complexity index is 407. The van der Waals surface area contributed by atoms with Crippen molar-refractivity contribution in [2.75, 3.05) is 26.7 Å². The van der Waals surface area contributed by atoms with Crippen LogP contribution in [-0.2, 0) is 0 Å². The van der Waals surface area contributed by atoms with Crippen LogP contribution < -0.4 is 10.5 Å². The molecule has 0 radical (unpaired) electrons. The maximum absolute atomic E-state index is 6.05. The Balaban J connectivity index is 0.00000200. The number of ether oxygens (including phenoxy) is 1. The Kier molecular flexibility index (Phi) is 7.41. The first-order chi connectivity index (χ1) is 9.13. The van der Waals surface area contributed by atoms with E-state index in [1.165, 1.54) is 12.8 Å². The highest BCUT2D eigenvalue weighted by Crippen LogP contribution is 2.35. The molecule has 3 nitrogen and oxygen atoms in total. The fourth-order valence-electron chi connectivity index (χ4n) is 2.29. The van der Waals surface area contributed by atoms with Gasteiger partial charge in [0, 0.05) is 19.1 Å². The van der Waals surface area contributed by atoms with E-state index >= 15 is 0 Å². The zero-order valence-electron chi connectivity index (χ0n) is 11.5. The number of para-hydroxylation sites is 1. The molecule has 1 aliphatic rings. The van der Waals surface area contributed by atoms with Crippen LogP contribution >= 0.6 is 35.6 Å². The molecule has 0 aromatic heterocycles. The average Bonchev–Trinajstić information content (AvgIpc) is 3.18. The van der Waals surface area contributed by atoms with Crippen LogP contribution in [0.4, 0.5) is 0 Å².